The third-order valence-corrected chi connectivity index (χ3v) is 3.45. The topological polar surface area (TPSA) is 38.0 Å². The number of aliphatic hydroxyl groups is 1. The van der Waals surface area contributed by atoms with Crippen molar-refractivity contribution in [2.45, 2.75) is 26.4 Å². The van der Waals surface area contributed by atoms with E-state index >= 15 is 0 Å². The summed E-state index contributed by atoms with van der Waals surface area (Å²) in [6, 6.07) is 7.58. The van der Waals surface area contributed by atoms with E-state index in [1.165, 1.54) is 0 Å². The monoisotopic (exact) mass is 264 g/mol. The van der Waals surface area contributed by atoms with E-state index in [1.54, 1.807) is 4.68 Å². The Hall–Kier alpha value is -1.32. The Morgan fingerprint density at radius 3 is 2.67 bits per heavy atom. The Morgan fingerprint density at radius 1 is 1.39 bits per heavy atom. The van der Waals surface area contributed by atoms with E-state index in [4.69, 9.17) is 11.6 Å². The lowest BCUT2D eigenvalue weighted by atomic mass is 10.00. The van der Waals surface area contributed by atoms with Crippen molar-refractivity contribution < 1.29 is 5.11 Å². The lowest BCUT2D eigenvalue weighted by molar-refractivity contribution is 0.177. The Morgan fingerprint density at radius 2 is 2.11 bits per heavy atom. The molecule has 0 amide bonds. The fraction of sp³-hybridized carbons (Fsp3) is 0.357. The second-order valence-electron chi connectivity index (χ2n) is 4.56. The van der Waals surface area contributed by atoms with Crippen LogP contribution >= 0.6 is 11.6 Å². The maximum atomic E-state index is 10.3. The number of hydrogen-bond donors (Lipinski definition) is 1. The number of aromatic nitrogens is 2. The summed E-state index contributed by atoms with van der Waals surface area (Å²) < 4.78 is 1.80. The highest BCUT2D eigenvalue weighted by molar-refractivity contribution is 6.30. The Bertz CT molecular complexity index is 563. The van der Waals surface area contributed by atoms with Crippen molar-refractivity contribution in [3.63, 3.8) is 0 Å². The second kappa shape index (κ2) is 5.12. The van der Waals surface area contributed by atoms with E-state index in [-0.39, 0.29) is 0 Å². The first-order valence-corrected chi connectivity index (χ1v) is 6.29. The van der Waals surface area contributed by atoms with Gasteiger partial charge in [0.2, 0.25) is 0 Å². The molecule has 1 heterocycles. The van der Waals surface area contributed by atoms with Gasteiger partial charge in [0, 0.05) is 29.7 Å². The van der Waals surface area contributed by atoms with Crippen molar-refractivity contribution in [2.75, 3.05) is 0 Å². The lowest BCUT2D eigenvalue weighted by Gasteiger charge is -2.11. The van der Waals surface area contributed by atoms with Gasteiger partial charge >= 0.3 is 0 Å². The van der Waals surface area contributed by atoms with Gasteiger partial charge in [0.1, 0.15) is 0 Å². The summed E-state index contributed by atoms with van der Waals surface area (Å²) in [4.78, 5) is 0. The van der Waals surface area contributed by atoms with Crippen molar-refractivity contribution in [3.8, 4) is 0 Å². The van der Waals surface area contributed by atoms with Crippen LogP contribution in [-0.4, -0.2) is 14.9 Å². The van der Waals surface area contributed by atoms with E-state index in [0.717, 1.165) is 22.5 Å². The van der Waals surface area contributed by atoms with Gasteiger partial charge in [-0.3, -0.25) is 4.68 Å². The lowest BCUT2D eigenvalue weighted by Crippen LogP contribution is -2.05. The zero-order valence-corrected chi connectivity index (χ0v) is 11.6. The van der Waals surface area contributed by atoms with Gasteiger partial charge in [-0.1, -0.05) is 23.7 Å². The molecule has 0 saturated heterocycles. The predicted octanol–water partition coefficient (Wildman–Crippen LogP) is 2.97. The van der Waals surface area contributed by atoms with E-state index in [2.05, 4.69) is 5.10 Å². The number of aliphatic hydroxyl groups excluding tert-OH is 1. The summed E-state index contributed by atoms with van der Waals surface area (Å²) >= 11 is 5.94. The molecule has 0 saturated carbocycles. The molecule has 2 aromatic rings. The van der Waals surface area contributed by atoms with Crippen LogP contribution in [0, 0.1) is 13.8 Å². The summed E-state index contributed by atoms with van der Waals surface area (Å²) in [5.41, 5.74) is 3.82. The van der Waals surface area contributed by atoms with Crippen molar-refractivity contribution >= 4 is 11.6 Å². The molecular formula is C14H17ClN2O. The molecule has 1 aromatic carbocycles. The average molecular weight is 265 g/mol. The maximum absolute atomic E-state index is 10.3. The standard InChI is InChI=1S/C14H17ClN2O/c1-9-14(10(2)17(3)16-9)13(18)8-11-5-4-6-12(15)7-11/h4-7,13,18H,8H2,1-3H3. The molecule has 0 bridgehead atoms. The first-order valence-electron chi connectivity index (χ1n) is 5.91. The minimum atomic E-state index is -0.544. The quantitative estimate of drug-likeness (QED) is 0.926. The van der Waals surface area contributed by atoms with Crippen molar-refractivity contribution in [1.82, 2.24) is 9.78 Å². The molecular weight excluding hydrogens is 248 g/mol. The normalized spacial score (nSPS) is 12.7. The van der Waals surface area contributed by atoms with Gasteiger partial charge < -0.3 is 5.11 Å². The summed E-state index contributed by atoms with van der Waals surface area (Å²) in [6.45, 7) is 3.89. The Labute approximate surface area is 112 Å². The molecule has 0 aliphatic heterocycles. The summed E-state index contributed by atoms with van der Waals surface area (Å²) in [6.07, 6.45) is 0.00525. The molecule has 2 rings (SSSR count). The molecule has 0 aliphatic carbocycles. The molecule has 1 unspecified atom stereocenters. The Balaban J connectivity index is 2.24. The number of nitrogens with zero attached hydrogens (tertiary/aromatic N) is 2. The third kappa shape index (κ3) is 2.57. The van der Waals surface area contributed by atoms with Crippen molar-refractivity contribution in [1.29, 1.82) is 0 Å². The molecule has 0 fully saturated rings. The molecule has 96 valence electrons. The van der Waals surface area contributed by atoms with Gasteiger partial charge in [-0.2, -0.15) is 5.10 Å². The summed E-state index contributed by atoms with van der Waals surface area (Å²) in [7, 11) is 1.89. The van der Waals surface area contributed by atoms with Crippen LogP contribution in [0.15, 0.2) is 24.3 Å². The molecule has 4 heteroatoms. The molecule has 1 aromatic heterocycles. The van der Waals surface area contributed by atoms with Crippen LogP contribution in [0.2, 0.25) is 5.02 Å². The number of rotatable bonds is 3. The van der Waals surface area contributed by atoms with E-state index in [1.807, 2.05) is 45.2 Å². The van der Waals surface area contributed by atoms with Crippen molar-refractivity contribution in [2.24, 2.45) is 7.05 Å². The second-order valence-corrected chi connectivity index (χ2v) is 4.99. The summed E-state index contributed by atoms with van der Waals surface area (Å²) in [5, 5.41) is 15.4. The van der Waals surface area contributed by atoms with Gasteiger partial charge in [-0.05, 0) is 31.5 Å². The zero-order chi connectivity index (χ0) is 13.3. The smallest absolute Gasteiger partial charge is 0.0866 e. The minimum absolute atomic E-state index is 0.544. The first-order chi connectivity index (χ1) is 8.49. The summed E-state index contributed by atoms with van der Waals surface area (Å²) in [5.74, 6) is 0. The highest BCUT2D eigenvalue weighted by Crippen LogP contribution is 2.25. The van der Waals surface area contributed by atoms with Gasteiger partial charge in [0.25, 0.3) is 0 Å². The third-order valence-electron chi connectivity index (χ3n) is 3.22. The highest BCUT2D eigenvalue weighted by atomic mass is 35.5. The van der Waals surface area contributed by atoms with E-state index in [0.29, 0.717) is 11.4 Å². The van der Waals surface area contributed by atoms with Crippen LogP contribution in [0.4, 0.5) is 0 Å². The van der Waals surface area contributed by atoms with Crippen LogP contribution in [0.5, 0.6) is 0 Å². The maximum Gasteiger partial charge on any atom is 0.0866 e. The highest BCUT2D eigenvalue weighted by Gasteiger charge is 2.18. The van der Waals surface area contributed by atoms with Crippen LogP contribution in [0.3, 0.4) is 0 Å². The number of aryl methyl sites for hydroxylation is 2. The van der Waals surface area contributed by atoms with Gasteiger partial charge in [0.05, 0.1) is 11.8 Å². The molecule has 18 heavy (non-hydrogen) atoms. The molecule has 0 aliphatic rings. The van der Waals surface area contributed by atoms with Gasteiger partial charge in [-0.15, -0.1) is 0 Å². The predicted molar refractivity (Wildman–Crippen MR) is 72.8 cm³/mol. The molecule has 0 radical (unpaired) electrons. The van der Waals surface area contributed by atoms with Crippen molar-refractivity contribution in [3.05, 3.63) is 51.8 Å². The SMILES string of the molecule is Cc1nn(C)c(C)c1C(O)Cc1cccc(Cl)c1. The fourth-order valence-electron chi connectivity index (χ4n) is 2.26. The molecule has 0 spiro atoms. The first kappa shape index (κ1) is 13.1. The Kier molecular flexibility index (Phi) is 3.73. The molecule has 3 nitrogen and oxygen atoms in total. The minimum Gasteiger partial charge on any atom is -0.388 e. The largest absolute Gasteiger partial charge is 0.388 e. The van der Waals surface area contributed by atoms with Gasteiger partial charge in [-0.25, -0.2) is 0 Å². The molecule has 1 atom stereocenters. The average Bonchev–Trinajstić information content (AvgIpc) is 2.53. The van der Waals surface area contributed by atoms with Crippen LogP contribution in [0.25, 0.3) is 0 Å². The zero-order valence-electron chi connectivity index (χ0n) is 10.8. The number of halogens is 1. The van der Waals surface area contributed by atoms with E-state index < -0.39 is 6.10 Å². The van der Waals surface area contributed by atoms with Crippen LogP contribution < -0.4 is 0 Å². The van der Waals surface area contributed by atoms with E-state index in [9.17, 15) is 5.11 Å². The number of hydrogen-bond acceptors (Lipinski definition) is 2. The fourth-order valence-corrected chi connectivity index (χ4v) is 2.47. The molecule has 1 N–H and O–H groups in total. The van der Waals surface area contributed by atoms with Gasteiger partial charge in [0.15, 0.2) is 0 Å². The van der Waals surface area contributed by atoms with Crippen LogP contribution in [-0.2, 0) is 13.5 Å². The van der Waals surface area contributed by atoms with Crippen LogP contribution in [0.1, 0.15) is 28.6 Å². The number of benzene rings is 1.